The van der Waals surface area contributed by atoms with E-state index in [1.807, 2.05) is 17.0 Å². The molecule has 0 spiro atoms. The zero-order valence-corrected chi connectivity index (χ0v) is 19.1. The highest BCUT2D eigenvalue weighted by molar-refractivity contribution is 5.92. The number of hydrogen-bond donors (Lipinski definition) is 1. The van der Waals surface area contributed by atoms with Gasteiger partial charge in [0.1, 0.15) is 11.4 Å². The molecule has 8 nitrogen and oxygen atoms in total. The molecule has 3 rings (SSSR count). The van der Waals surface area contributed by atoms with Crippen LogP contribution in [0.25, 0.3) is 0 Å². The Morgan fingerprint density at radius 2 is 1.69 bits per heavy atom. The molecule has 0 saturated carbocycles. The Bertz CT molecular complexity index is 958. The van der Waals surface area contributed by atoms with Gasteiger partial charge in [0, 0.05) is 38.7 Å². The summed E-state index contributed by atoms with van der Waals surface area (Å²) in [7, 11) is 0. The third kappa shape index (κ3) is 6.42. The van der Waals surface area contributed by atoms with Gasteiger partial charge in [0.25, 0.3) is 11.5 Å². The third-order valence-corrected chi connectivity index (χ3v) is 5.56. The summed E-state index contributed by atoms with van der Waals surface area (Å²) < 4.78 is 5.79. The molecule has 0 unspecified atom stereocenters. The second-order valence-electron chi connectivity index (χ2n) is 9.06. The molecule has 32 heavy (non-hydrogen) atoms. The SMILES string of the molecule is CC(C)(C)c1ccc(OCCCC(=O)N2CCCN(C(=O)c3ccc(=O)[nH]n3)CC2)cc1. The highest BCUT2D eigenvalue weighted by Crippen LogP contribution is 2.24. The summed E-state index contributed by atoms with van der Waals surface area (Å²) in [5.74, 6) is 0.653. The zero-order valence-electron chi connectivity index (χ0n) is 19.1. The Morgan fingerprint density at radius 1 is 1.00 bits per heavy atom. The van der Waals surface area contributed by atoms with Gasteiger partial charge in [0.15, 0.2) is 0 Å². The van der Waals surface area contributed by atoms with Crippen molar-refractivity contribution in [3.05, 3.63) is 58.0 Å². The second kappa shape index (κ2) is 10.4. The van der Waals surface area contributed by atoms with Gasteiger partial charge in [0.05, 0.1) is 6.61 Å². The fraction of sp³-hybridized carbons (Fsp3) is 0.500. The quantitative estimate of drug-likeness (QED) is 0.697. The van der Waals surface area contributed by atoms with Gasteiger partial charge in [-0.1, -0.05) is 32.9 Å². The first-order chi connectivity index (χ1) is 15.2. The molecule has 0 atom stereocenters. The molecule has 0 aliphatic carbocycles. The van der Waals surface area contributed by atoms with Crippen molar-refractivity contribution in [2.75, 3.05) is 32.8 Å². The van der Waals surface area contributed by atoms with Crippen molar-refractivity contribution in [2.24, 2.45) is 0 Å². The molecule has 1 aromatic heterocycles. The Balaban J connectivity index is 1.41. The monoisotopic (exact) mass is 440 g/mol. The van der Waals surface area contributed by atoms with Crippen LogP contribution in [0.2, 0.25) is 0 Å². The number of hydrogen-bond acceptors (Lipinski definition) is 5. The van der Waals surface area contributed by atoms with Crippen molar-refractivity contribution in [3.8, 4) is 5.75 Å². The fourth-order valence-corrected chi connectivity index (χ4v) is 3.62. The first-order valence-electron chi connectivity index (χ1n) is 11.1. The van der Waals surface area contributed by atoms with Gasteiger partial charge in [-0.3, -0.25) is 14.4 Å². The summed E-state index contributed by atoms with van der Waals surface area (Å²) in [6.07, 6.45) is 1.76. The number of rotatable bonds is 6. The molecule has 1 fully saturated rings. The minimum Gasteiger partial charge on any atom is -0.494 e. The van der Waals surface area contributed by atoms with Crippen molar-refractivity contribution in [2.45, 2.75) is 45.4 Å². The number of H-pyrrole nitrogens is 1. The number of benzene rings is 1. The van der Waals surface area contributed by atoms with Gasteiger partial charge in [-0.05, 0) is 42.0 Å². The van der Waals surface area contributed by atoms with Gasteiger partial charge in [-0.2, -0.15) is 5.10 Å². The van der Waals surface area contributed by atoms with Crippen molar-refractivity contribution in [1.82, 2.24) is 20.0 Å². The zero-order chi connectivity index (χ0) is 23.1. The van der Waals surface area contributed by atoms with Crippen molar-refractivity contribution in [1.29, 1.82) is 0 Å². The van der Waals surface area contributed by atoms with E-state index in [1.165, 1.54) is 17.7 Å². The van der Waals surface area contributed by atoms with E-state index < -0.39 is 0 Å². The first-order valence-corrected chi connectivity index (χ1v) is 11.1. The molecule has 1 aliphatic rings. The van der Waals surface area contributed by atoms with E-state index in [9.17, 15) is 14.4 Å². The standard InChI is InChI=1S/C24H32N4O4/c1-24(2,3)18-7-9-19(10-8-18)32-17-4-6-22(30)27-13-5-14-28(16-15-27)23(31)20-11-12-21(29)26-25-20/h7-12H,4-6,13-17H2,1-3H3,(H,26,29). The summed E-state index contributed by atoms with van der Waals surface area (Å²) in [5.41, 5.74) is 1.22. The van der Waals surface area contributed by atoms with Crippen LogP contribution in [0.4, 0.5) is 0 Å². The number of aromatic amines is 1. The van der Waals surface area contributed by atoms with Crippen LogP contribution < -0.4 is 10.3 Å². The molecule has 0 bridgehead atoms. The lowest BCUT2D eigenvalue weighted by molar-refractivity contribution is -0.131. The smallest absolute Gasteiger partial charge is 0.274 e. The lowest BCUT2D eigenvalue weighted by Gasteiger charge is -2.22. The van der Waals surface area contributed by atoms with Crippen molar-refractivity contribution >= 4 is 11.8 Å². The van der Waals surface area contributed by atoms with Gasteiger partial charge in [-0.15, -0.1) is 0 Å². The Hall–Kier alpha value is -3.16. The van der Waals surface area contributed by atoms with E-state index in [0.29, 0.717) is 52.0 Å². The number of aromatic nitrogens is 2. The number of nitrogens with zero attached hydrogens (tertiary/aromatic N) is 3. The van der Waals surface area contributed by atoms with Gasteiger partial charge in [-0.25, -0.2) is 5.10 Å². The first kappa shape index (κ1) is 23.5. The highest BCUT2D eigenvalue weighted by Gasteiger charge is 2.23. The number of amides is 2. The molecule has 8 heteroatoms. The van der Waals surface area contributed by atoms with Crippen LogP contribution in [-0.4, -0.2) is 64.6 Å². The van der Waals surface area contributed by atoms with Crippen LogP contribution in [0.3, 0.4) is 0 Å². The van der Waals surface area contributed by atoms with Crippen LogP contribution in [0.15, 0.2) is 41.2 Å². The molecule has 1 N–H and O–H groups in total. The molecule has 1 saturated heterocycles. The second-order valence-corrected chi connectivity index (χ2v) is 9.06. The maximum absolute atomic E-state index is 12.6. The van der Waals surface area contributed by atoms with E-state index in [2.05, 4.69) is 43.1 Å². The summed E-state index contributed by atoms with van der Waals surface area (Å²) >= 11 is 0. The van der Waals surface area contributed by atoms with Crippen LogP contribution in [-0.2, 0) is 10.2 Å². The summed E-state index contributed by atoms with van der Waals surface area (Å²) in [5, 5.41) is 6.09. The largest absolute Gasteiger partial charge is 0.494 e. The summed E-state index contributed by atoms with van der Waals surface area (Å²) in [4.78, 5) is 39.8. The number of ether oxygens (including phenoxy) is 1. The normalized spacial score (nSPS) is 14.7. The number of nitrogens with one attached hydrogen (secondary N) is 1. The lowest BCUT2D eigenvalue weighted by atomic mass is 9.87. The summed E-state index contributed by atoms with van der Waals surface area (Å²) in [6.45, 7) is 9.11. The van der Waals surface area contributed by atoms with E-state index >= 15 is 0 Å². The predicted molar refractivity (Wildman–Crippen MR) is 122 cm³/mol. The van der Waals surface area contributed by atoms with Crippen LogP contribution >= 0.6 is 0 Å². The number of carbonyl (C=O) groups is 2. The predicted octanol–water partition coefficient (Wildman–Crippen LogP) is 2.60. The van der Waals surface area contributed by atoms with Crippen LogP contribution in [0, 0.1) is 0 Å². The minimum atomic E-state index is -0.347. The average molecular weight is 441 g/mol. The maximum atomic E-state index is 12.6. The summed E-state index contributed by atoms with van der Waals surface area (Å²) in [6, 6.07) is 10.8. The van der Waals surface area contributed by atoms with Crippen molar-refractivity contribution < 1.29 is 14.3 Å². The van der Waals surface area contributed by atoms with Crippen LogP contribution in [0.1, 0.15) is 56.1 Å². The van der Waals surface area contributed by atoms with E-state index in [4.69, 9.17) is 4.74 Å². The molecule has 0 radical (unpaired) electrons. The van der Waals surface area contributed by atoms with E-state index in [1.54, 1.807) is 4.90 Å². The molecule has 1 aromatic carbocycles. The van der Waals surface area contributed by atoms with Gasteiger partial charge >= 0.3 is 0 Å². The average Bonchev–Trinajstić information content (AvgIpc) is 3.03. The molecular weight excluding hydrogens is 408 g/mol. The topological polar surface area (TPSA) is 95.6 Å². The molecule has 2 aromatic rings. The molecule has 172 valence electrons. The highest BCUT2D eigenvalue weighted by atomic mass is 16.5. The lowest BCUT2D eigenvalue weighted by Crippen LogP contribution is -2.37. The Labute approximate surface area is 188 Å². The van der Waals surface area contributed by atoms with Crippen molar-refractivity contribution in [3.63, 3.8) is 0 Å². The van der Waals surface area contributed by atoms with Gasteiger partial charge < -0.3 is 14.5 Å². The molecule has 2 heterocycles. The molecule has 1 aliphatic heterocycles. The Kier molecular flexibility index (Phi) is 7.66. The molecule has 2 amide bonds. The molecular formula is C24H32N4O4. The van der Waals surface area contributed by atoms with Gasteiger partial charge in [0.2, 0.25) is 5.91 Å². The maximum Gasteiger partial charge on any atom is 0.274 e. The van der Waals surface area contributed by atoms with E-state index in [0.717, 1.165) is 5.75 Å². The number of carbonyl (C=O) groups excluding carboxylic acids is 2. The van der Waals surface area contributed by atoms with E-state index in [-0.39, 0.29) is 28.5 Å². The Morgan fingerprint density at radius 3 is 2.34 bits per heavy atom. The van der Waals surface area contributed by atoms with Crippen LogP contribution in [0.5, 0.6) is 5.75 Å². The fourth-order valence-electron chi connectivity index (χ4n) is 3.62. The third-order valence-electron chi connectivity index (χ3n) is 5.56. The minimum absolute atomic E-state index is 0.0770.